The lowest BCUT2D eigenvalue weighted by atomic mass is 9.94. The maximum atomic E-state index is 13.0. The molecule has 0 saturated carbocycles. The average molecular weight is 444 g/mol. The topological polar surface area (TPSA) is 59.2 Å². The zero-order valence-electron chi connectivity index (χ0n) is 17.8. The van der Waals surface area contributed by atoms with Gasteiger partial charge in [0, 0.05) is 30.5 Å². The monoisotopic (exact) mass is 443 g/mol. The van der Waals surface area contributed by atoms with E-state index in [0.717, 1.165) is 37.1 Å². The second-order valence-corrected chi connectivity index (χ2v) is 9.10. The van der Waals surface area contributed by atoms with E-state index in [9.17, 15) is 4.79 Å². The maximum Gasteiger partial charge on any atom is 0.227 e. The molecule has 0 spiro atoms. The molecule has 2 aromatic heterocycles. The van der Waals surface area contributed by atoms with Gasteiger partial charge in [0.2, 0.25) is 17.6 Å². The van der Waals surface area contributed by atoms with E-state index < -0.39 is 0 Å². The smallest absolute Gasteiger partial charge is 0.227 e. The summed E-state index contributed by atoms with van der Waals surface area (Å²) in [5.41, 5.74) is 4.39. The van der Waals surface area contributed by atoms with Crippen molar-refractivity contribution in [2.24, 2.45) is 5.92 Å². The van der Waals surface area contributed by atoms with Gasteiger partial charge in [-0.2, -0.15) is 16.3 Å². The van der Waals surface area contributed by atoms with Crippen LogP contribution in [0.1, 0.15) is 24.3 Å². The summed E-state index contributed by atoms with van der Waals surface area (Å²) in [6.07, 6.45) is 3.23. The van der Waals surface area contributed by atoms with E-state index in [1.54, 1.807) is 11.3 Å². The Morgan fingerprint density at radius 2 is 1.84 bits per heavy atom. The van der Waals surface area contributed by atoms with Crippen LogP contribution in [0.25, 0.3) is 22.5 Å². The first kappa shape index (κ1) is 20.6. The Morgan fingerprint density at radius 1 is 1.03 bits per heavy atom. The van der Waals surface area contributed by atoms with Crippen molar-refractivity contribution in [1.82, 2.24) is 15.0 Å². The highest BCUT2D eigenvalue weighted by atomic mass is 32.1. The van der Waals surface area contributed by atoms with E-state index in [0.29, 0.717) is 30.5 Å². The molecule has 2 aromatic carbocycles. The van der Waals surface area contributed by atoms with Crippen LogP contribution >= 0.6 is 11.3 Å². The van der Waals surface area contributed by atoms with Gasteiger partial charge in [-0.1, -0.05) is 59.8 Å². The lowest BCUT2D eigenvalue weighted by molar-refractivity contribution is -0.132. The summed E-state index contributed by atoms with van der Waals surface area (Å²) in [7, 11) is 0. The zero-order chi connectivity index (χ0) is 21.8. The fraction of sp³-hybridized carbons (Fsp3) is 0.269. The molecule has 6 heteroatoms. The van der Waals surface area contributed by atoms with Crippen LogP contribution in [0.15, 0.2) is 75.9 Å². The molecule has 0 aliphatic carbocycles. The number of thiophene rings is 1. The van der Waals surface area contributed by atoms with Gasteiger partial charge in [0.25, 0.3) is 0 Å². The first-order chi connectivity index (χ1) is 15.7. The van der Waals surface area contributed by atoms with Crippen molar-refractivity contribution in [3.63, 3.8) is 0 Å². The Balaban J connectivity index is 1.18. The standard InChI is InChI=1S/C26H25N3O2S/c30-25(16-19-8-10-22(11-9-19)21-6-2-1-3-7-21)29-13-4-5-20(17-29)15-24-27-26(28-31-24)23-12-14-32-18-23/h1-3,6-12,14,18,20H,4-5,13,15-17H2. The van der Waals surface area contributed by atoms with Gasteiger partial charge in [0.05, 0.1) is 6.42 Å². The SMILES string of the molecule is O=C(Cc1ccc(-c2ccccc2)cc1)N1CCCC(Cc2nc(-c3ccsc3)no2)C1. The second-order valence-electron chi connectivity index (χ2n) is 8.32. The molecule has 1 amide bonds. The molecular weight excluding hydrogens is 418 g/mol. The van der Waals surface area contributed by atoms with Gasteiger partial charge < -0.3 is 9.42 Å². The van der Waals surface area contributed by atoms with Crippen molar-refractivity contribution in [3.05, 3.63) is 82.9 Å². The van der Waals surface area contributed by atoms with Crippen molar-refractivity contribution in [3.8, 4) is 22.5 Å². The summed E-state index contributed by atoms with van der Waals surface area (Å²) in [6, 6.07) is 20.6. The van der Waals surface area contributed by atoms with E-state index in [4.69, 9.17) is 4.52 Å². The van der Waals surface area contributed by atoms with Crippen LogP contribution in [-0.4, -0.2) is 34.0 Å². The van der Waals surface area contributed by atoms with Crippen LogP contribution in [0, 0.1) is 5.92 Å². The van der Waals surface area contributed by atoms with Gasteiger partial charge in [0.15, 0.2) is 0 Å². The minimum atomic E-state index is 0.187. The molecule has 0 N–H and O–H groups in total. The van der Waals surface area contributed by atoms with Gasteiger partial charge in [-0.3, -0.25) is 4.79 Å². The number of aromatic nitrogens is 2. The number of benzene rings is 2. The number of amides is 1. The Bertz CT molecular complexity index is 1150. The molecule has 1 saturated heterocycles. The summed E-state index contributed by atoms with van der Waals surface area (Å²) in [6.45, 7) is 1.57. The second kappa shape index (κ2) is 9.49. The Labute approximate surface area is 191 Å². The number of carbonyl (C=O) groups excluding carboxylic acids is 1. The fourth-order valence-electron chi connectivity index (χ4n) is 4.28. The molecular formula is C26H25N3O2S. The summed E-state index contributed by atoms with van der Waals surface area (Å²) in [5.74, 6) is 1.83. The van der Waals surface area contributed by atoms with Crippen LogP contribution < -0.4 is 0 Å². The van der Waals surface area contributed by atoms with Crippen molar-refractivity contribution < 1.29 is 9.32 Å². The summed E-state index contributed by atoms with van der Waals surface area (Å²) in [5, 5.41) is 8.12. The van der Waals surface area contributed by atoms with Gasteiger partial charge in [0.1, 0.15) is 0 Å². The molecule has 0 radical (unpaired) electrons. The number of carbonyl (C=O) groups is 1. The van der Waals surface area contributed by atoms with Crippen LogP contribution in [-0.2, 0) is 17.6 Å². The molecule has 162 valence electrons. The summed E-state index contributed by atoms with van der Waals surface area (Å²) in [4.78, 5) is 19.5. The highest BCUT2D eigenvalue weighted by Gasteiger charge is 2.25. The number of hydrogen-bond donors (Lipinski definition) is 0. The van der Waals surface area contributed by atoms with E-state index in [-0.39, 0.29) is 5.91 Å². The number of hydrogen-bond acceptors (Lipinski definition) is 5. The van der Waals surface area contributed by atoms with E-state index in [1.807, 2.05) is 39.9 Å². The predicted molar refractivity (Wildman–Crippen MR) is 126 cm³/mol. The van der Waals surface area contributed by atoms with Gasteiger partial charge in [-0.15, -0.1) is 0 Å². The average Bonchev–Trinajstić information content (AvgIpc) is 3.53. The molecule has 1 aliphatic heterocycles. The molecule has 0 bridgehead atoms. The third-order valence-electron chi connectivity index (χ3n) is 6.00. The lowest BCUT2D eigenvalue weighted by Gasteiger charge is -2.32. The van der Waals surface area contributed by atoms with E-state index >= 15 is 0 Å². The molecule has 5 nitrogen and oxygen atoms in total. The summed E-state index contributed by atoms with van der Waals surface area (Å²) < 4.78 is 5.47. The van der Waals surface area contributed by atoms with Crippen LogP contribution in [0.5, 0.6) is 0 Å². The number of likely N-dealkylation sites (tertiary alicyclic amines) is 1. The molecule has 32 heavy (non-hydrogen) atoms. The minimum Gasteiger partial charge on any atom is -0.342 e. The number of rotatable bonds is 6. The third kappa shape index (κ3) is 4.81. The Kier molecular flexibility index (Phi) is 6.12. The fourth-order valence-corrected chi connectivity index (χ4v) is 4.92. The van der Waals surface area contributed by atoms with Gasteiger partial charge >= 0.3 is 0 Å². The zero-order valence-corrected chi connectivity index (χ0v) is 18.6. The van der Waals surface area contributed by atoms with Crippen LogP contribution in [0.4, 0.5) is 0 Å². The van der Waals surface area contributed by atoms with Crippen molar-refractivity contribution in [2.75, 3.05) is 13.1 Å². The van der Waals surface area contributed by atoms with E-state index in [1.165, 1.54) is 11.1 Å². The normalized spacial score (nSPS) is 16.2. The number of piperidine rings is 1. The molecule has 3 heterocycles. The maximum absolute atomic E-state index is 13.0. The third-order valence-corrected chi connectivity index (χ3v) is 6.68. The Morgan fingerprint density at radius 3 is 2.62 bits per heavy atom. The van der Waals surface area contributed by atoms with Crippen molar-refractivity contribution >= 4 is 17.2 Å². The highest BCUT2D eigenvalue weighted by molar-refractivity contribution is 7.08. The molecule has 1 unspecified atom stereocenters. The lowest BCUT2D eigenvalue weighted by Crippen LogP contribution is -2.41. The van der Waals surface area contributed by atoms with Crippen molar-refractivity contribution in [1.29, 1.82) is 0 Å². The molecule has 4 aromatic rings. The van der Waals surface area contributed by atoms with Crippen molar-refractivity contribution in [2.45, 2.75) is 25.7 Å². The first-order valence-electron chi connectivity index (χ1n) is 11.0. The molecule has 1 aliphatic rings. The minimum absolute atomic E-state index is 0.187. The Hall–Kier alpha value is -3.25. The largest absolute Gasteiger partial charge is 0.342 e. The highest BCUT2D eigenvalue weighted by Crippen LogP contribution is 2.24. The molecule has 5 rings (SSSR count). The van der Waals surface area contributed by atoms with Gasteiger partial charge in [-0.25, -0.2) is 0 Å². The quantitative estimate of drug-likeness (QED) is 0.395. The van der Waals surface area contributed by atoms with E-state index in [2.05, 4.69) is 46.5 Å². The van der Waals surface area contributed by atoms with Crippen LogP contribution in [0.3, 0.4) is 0 Å². The molecule has 1 fully saturated rings. The van der Waals surface area contributed by atoms with Gasteiger partial charge in [-0.05, 0) is 46.9 Å². The predicted octanol–water partition coefficient (Wildman–Crippen LogP) is 5.49. The first-order valence-corrected chi connectivity index (χ1v) is 12.0. The summed E-state index contributed by atoms with van der Waals surface area (Å²) >= 11 is 1.62. The van der Waals surface area contributed by atoms with Crippen LogP contribution in [0.2, 0.25) is 0 Å². The molecule has 1 atom stereocenters. The number of nitrogens with zero attached hydrogens (tertiary/aromatic N) is 3.